The van der Waals surface area contributed by atoms with Gasteiger partial charge in [0.25, 0.3) is 0 Å². The summed E-state index contributed by atoms with van der Waals surface area (Å²) in [4.78, 5) is 4.43. The molecule has 1 aliphatic carbocycles. The third-order valence-electron chi connectivity index (χ3n) is 4.33. The molecule has 0 radical (unpaired) electrons. The SMILES string of the molecule is Cn1ccnc1C(N)C1(c2ccccc2)CCC1. The molecule has 1 heterocycles. The number of rotatable bonds is 3. The summed E-state index contributed by atoms with van der Waals surface area (Å²) < 4.78 is 2.04. The number of nitrogens with two attached hydrogens (primary N) is 1. The van der Waals surface area contributed by atoms with Crippen LogP contribution in [0, 0.1) is 0 Å². The fourth-order valence-corrected chi connectivity index (χ4v) is 3.03. The zero-order chi connectivity index (χ0) is 12.6. The van der Waals surface area contributed by atoms with Crippen LogP contribution in [0.1, 0.15) is 36.7 Å². The standard InChI is InChI=1S/C15H19N3/c1-18-11-10-17-14(18)13(16)15(8-5-9-15)12-6-3-2-4-7-12/h2-4,6-7,10-11,13H,5,8-9,16H2,1H3. The normalized spacial score (nSPS) is 19.2. The van der Waals surface area contributed by atoms with Gasteiger partial charge >= 0.3 is 0 Å². The van der Waals surface area contributed by atoms with Crippen LogP contribution in [0.3, 0.4) is 0 Å². The molecule has 3 rings (SSSR count). The number of nitrogens with zero attached hydrogens (tertiary/aromatic N) is 2. The van der Waals surface area contributed by atoms with Crippen LogP contribution in [0.25, 0.3) is 0 Å². The third kappa shape index (κ3) is 1.58. The van der Waals surface area contributed by atoms with Crippen molar-refractivity contribution in [2.75, 3.05) is 0 Å². The van der Waals surface area contributed by atoms with Crippen LogP contribution in [0.4, 0.5) is 0 Å². The molecule has 3 nitrogen and oxygen atoms in total. The number of benzene rings is 1. The Kier molecular flexibility index (Phi) is 2.71. The highest BCUT2D eigenvalue weighted by Gasteiger charge is 2.45. The first-order valence-electron chi connectivity index (χ1n) is 6.52. The lowest BCUT2D eigenvalue weighted by Crippen LogP contribution is -2.45. The van der Waals surface area contributed by atoms with E-state index >= 15 is 0 Å². The van der Waals surface area contributed by atoms with Crippen molar-refractivity contribution in [2.45, 2.75) is 30.7 Å². The van der Waals surface area contributed by atoms with Crippen LogP contribution >= 0.6 is 0 Å². The minimum Gasteiger partial charge on any atom is -0.337 e. The van der Waals surface area contributed by atoms with Crippen molar-refractivity contribution in [1.82, 2.24) is 9.55 Å². The Hall–Kier alpha value is -1.61. The molecule has 1 unspecified atom stereocenters. The van der Waals surface area contributed by atoms with E-state index in [1.165, 1.54) is 12.0 Å². The van der Waals surface area contributed by atoms with E-state index in [0.29, 0.717) is 0 Å². The maximum atomic E-state index is 6.53. The average molecular weight is 241 g/mol. The van der Waals surface area contributed by atoms with Gasteiger partial charge in [0, 0.05) is 24.9 Å². The fourth-order valence-electron chi connectivity index (χ4n) is 3.03. The van der Waals surface area contributed by atoms with Gasteiger partial charge in [0.2, 0.25) is 0 Å². The molecule has 2 aromatic rings. The number of hydrogen-bond acceptors (Lipinski definition) is 2. The monoisotopic (exact) mass is 241 g/mol. The smallest absolute Gasteiger partial charge is 0.126 e. The van der Waals surface area contributed by atoms with Crippen molar-refractivity contribution >= 4 is 0 Å². The van der Waals surface area contributed by atoms with Crippen molar-refractivity contribution < 1.29 is 0 Å². The first-order chi connectivity index (χ1) is 8.74. The van der Waals surface area contributed by atoms with E-state index in [-0.39, 0.29) is 11.5 Å². The Labute approximate surface area is 108 Å². The second-order valence-corrected chi connectivity index (χ2v) is 5.25. The summed E-state index contributed by atoms with van der Waals surface area (Å²) in [6, 6.07) is 10.6. The predicted molar refractivity (Wildman–Crippen MR) is 72.1 cm³/mol. The van der Waals surface area contributed by atoms with Crippen LogP contribution in [0.15, 0.2) is 42.7 Å². The Morgan fingerprint density at radius 1 is 1.28 bits per heavy atom. The summed E-state index contributed by atoms with van der Waals surface area (Å²) in [5.74, 6) is 0.985. The van der Waals surface area contributed by atoms with E-state index in [0.717, 1.165) is 18.7 Å². The van der Waals surface area contributed by atoms with Crippen molar-refractivity contribution in [2.24, 2.45) is 12.8 Å². The van der Waals surface area contributed by atoms with E-state index < -0.39 is 0 Å². The quantitative estimate of drug-likeness (QED) is 0.897. The highest BCUT2D eigenvalue weighted by Crippen LogP contribution is 2.50. The van der Waals surface area contributed by atoms with Crippen molar-refractivity contribution in [1.29, 1.82) is 0 Å². The highest BCUT2D eigenvalue weighted by molar-refractivity contribution is 5.32. The summed E-state index contributed by atoms with van der Waals surface area (Å²) in [5.41, 5.74) is 7.97. The van der Waals surface area contributed by atoms with Crippen LogP contribution in [-0.4, -0.2) is 9.55 Å². The first-order valence-corrected chi connectivity index (χ1v) is 6.52. The Balaban J connectivity index is 2.00. The second-order valence-electron chi connectivity index (χ2n) is 5.25. The molecule has 0 bridgehead atoms. The maximum absolute atomic E-state index is 6.53. The topological polar surface area (TPSA) is 43.8 Å². The lowest BCUT2D eigenvalue weighted by atomic mass is 9.60. The molecule has 1 atom stereocenters. The lowest BCUT2D eigenvalue weighted by molar-refractivity contribution is 0.189. The Morgan fingerprint density at radius 2 is 2.00 bits per heavy atom. The third-order valence-corrected chi connectivity index (χ3v) is 4.33. The minimum absolute atomic E-state index is 0.0198. The molecule has 18 heavy (non-hydrogen) atoms. The number of hydrogen-bond donors (Lipinski definition) is 1. The zero-order valence-corrected chi connectivity index (χ0v) is 10.7. The first kappa shape index (κ1) is 11.5. The number of aromatic nitrogens is 2. The molecule has 0 saturated heterocycles. The van der Waals surface area contributed by atoms with Crippen LogP contribution in [-0.2, 0) is 12.5 Å². The van der Waals surface area contributed by atoms with Crippen molar-refractivity contribution in [3.8, 4) is 0 Å². The minimum atomic E-state index is -0.0198. The molecule has 1 saturated carbocycles. The van der Waals surface area contributed by atoms with Gasteiger partial charge in [-0.15, -0.1) is 0 Å². The summed E-state index contributed by atoms with van der Waals surface area (Å²) in [7, 11) is 2.01. The van der Waals surface area contributed by atoms with Gasteiger partial charge in [-0.25, -0.2) is 4.98 Å². The molecule has 1 aromatic carbocycles. The fraction of sp³-hybridized carbons (Fsp3) is 0.400. The van der Waals surface area contributed by atoms with Crippen molar-refractivity contribution in [3.05, 3.63) is 54.1 Å². The molecule has 0 aliphatic heterocycles. The highest BCUT2D eigenvalue weighted by atomic mass is 15.1. The number of aryl methyl sites for hydroxylation is 1. The van der Waals surface area contributed by atoms with Crippen molar-refractivity contribution in [3.63, 3.8) is 0 Å². The van der Waals surface area contributed by atoms with E-state index in [4.69, 9.17) is 5.73 Å². The summed E-state index contributed by atoms with van der Waals surface area (Å²) >= 11 is 0. The summed E-state index contributed by atoms with van der Waals surface area (Å²) in [6.45, 7) is 0. The van der Waals surface area contributed by atoms with E-state index in [1.807, 2.05) is 24.0 Å². The lowest BCUT2D eigenvalue weighted by Gasteiger charge is -2.46. The van der Waals surface area contributed by atoms with E-state index in [2.05, 4.69) is 35.3 Å². The Morgan fingerprint density at radius 3 is 2.50 bits per heavy atom. The van der Waals surface area contributed by atoms with Crippen LogP contribution in [0.5, 0.6) is 0 Å². The maximum Gasteiger partial charge on any atom is 0.126 e. The van der Waals surface area contributed by atoms with Gasteiger partial charge in [0.1, 0.15) is 5.82 Å². The van der Waals surface area contributed by atoms with Gasteiger partial charge in [-0.05, 0) is 18.4 Å². The zero-order valence-electron chi connectivity index (χ0n) is 10.7. The summed E-state index contributed by atoms with van der Waals surface area (Å²) in [5, 5.41) is 0. The second kappa shape index (κ2) is 4.25. The molecule has 1 fully saturated rings. The van der Waals surface area contributed by atoms with Gasteiger partial charge in [-0.1, -0.05) is 36.8 Å². The predicted octanol–water partition coefficient (Wildman–Crippen LogP) is 2.54. The molecule has 3 heteroatoms. The summed E-state index contributed by atoms with van der Waals surface area (Å²) in [6.07, 6.45) is 7.36. The molecule has 1 aliphatic rings. The van der Waals surface area contributed by atoms with Crippen LogP contribution in [0.2, 0.25) is 0 Å². The Bertz CT molecular complexity index is 526. The van der Waals surface area contributed by atoms with Gasteiger partial charge < -0.3 is 10.3 Å². The molecule has 2 N–H and O–H groups in total. The largest absolute Gasteiger partial charge is 0.337 e. The van der Waals surface area contributed by atoms with Gasteiger partial charge in [-0.3, -0.25) is 0 Å². The number of imidazole rings is 1. The van der Waals surface area contributed by atoms with E-state index in [1.54, 1.807) is 0 Å². The molecular formula is C15H19N3. The molecule has 0 spiro atoms. The van der Waals surface area contributed by atoms with Gasteiger partial charge in [-0.2, -0.15) is 0 Å². The van der Waals surface area contributed by atoms with E-state index in [9.17, 15) is 0 Å². The average Bonchev–Trinajstić information content (AvgIpc) is 2.75. The molecule has 94 valence electrons. The van der Waals surface area contributed by atoms with Gasteiger partial charge in [0.15, 0.2) is 0 Å². The molecular weight excluding hydrogens is 222 g/mol. The van der Waals surface area contributed by atoms with Crippen LogP contribution < -0.4 is 5.73 Å². The molecule has 1 aromatic heterocycles. The van der Waals surface area contributed by atoms with Gasteiger partial charge in [0.05, 0.1) is 6.04 Å². The molecule has 0 amide bonds.